The lowest BCUT2D eigenvalue weighted by atomic mass is 10.0. The lowest BCUT2D eigenvalue weighted by Gasteiger charge is -2.32. The third-order valence-electron chi connectivity index (χ3n) is 5.52. The van der Waals surface area contributed by atoms with Gasteiger partial charge in [-0.15, -0.1) is 5.10 Å². The van der Waals surface area contributed by atoms with Gasteiger partial charge in [0.15, 0.2) is 0 Å². The minimum atomic E-state index is -0.0346. The van der Waals surface area contributed by atoms with Gasteiger partial charge in [-0.3, -0.25) is 9.69 Å². The van der Waals surface area contributed by atoms with Crippen LogP contribution in [0.1, 0.15) is 34.3 Å². The van der Waals surface area contributed by atoms with Gasteiger partial charge in [0.05, 0.1) is 12.8 Å². The first-order valence-corrected chi connectivity index (χ1v) is 10.1. The predicted molar refractivity (Wildman–Crippen MR) is 113 cm³/mol. The molecule has 156 valence electrons. The number of aromatic nitrogens is 4. The van der Waals surface area contributed by atoms with Gasteiger partial charge in [0.2, 0.25) is 0 Å². The topological polar surface area (TPSA) is 85.2 Å². The van der Waals surface area contributed by atoms with E-state index in [1.165, 1.54) is 5.56 Å². The summed E-state index contributed by atoms with van der Waals surface area (Å²) in [5.41, 5.74) is 3.71. The van der Waals surface area contributed by atoms with Gasteiger partial charge in [0.25, 0.3) is 5.91 Å². The number of methoxy groups -OCH3 is 1. The SMILES string of the molecule is COc1cccc(CN2CCC(NC(=O)c3ccc(-n4cnnn4)c(C)c3)CC2)c1. The predicted octanol–water partition coefficient (Wildman–Crippen LogP) is 2.37. The average molecular weight is 406 g/mol. The van der Waals surface area contributed by atoms with E-state index in [1.54, 1.807) is 18.1 Å². The molecule has 8 nitrogen and oxygen atoms in total. The molecule has 2 heterocycles. The van der Waals surface area contributed by atoms with Gasteiger partial charge in [-0.05, 0) is 71.7 Å². The highest BCUT2D eigenvalue weighted by atomic mass is 16.5. The van der Waals surface area contributed by atoms with Crippen molar-refractivity contribution in [2.24, 2.45) is 0 Å². The van der Waals surface area contributed by atoms with Crippen molar-refractivity contribution in [3.63, 3.8) is 0 Å². The number of aryl methyl sites for hydroxylation is 1. The van der Waals surface area contributed by atoms with Crippen LogP contribution in [0, 0.1) is 6.92 Å². The number of piperidine rings is 1. The molecule has 4 rings (SSSR count). The molecular weight excluding hydrogens is 380 g/mol. The van der Waals surface area contributed by atoms with Crippen molar-refractivity contribution >= 4 is 5.91 Å². The fraction of sp³-hybridized carbons (Fsp3) is 0.364. The van der Waals surface area contributed by atoms with Crippen molar-refractivity contribution in [2.75, 3.05) is 20.2 Å². The molecule has 0 unspecified atom stereocenters. The lowest BCUT2D eigenvalue weighted by molar-refractivity contribution is 0.0909. The van der Waals surface area contributed by atoms with Crippen LogP contribution in [0.15, 0.2) is 48.8 Å². The number of hydrogen-bond donors (Lipinski definition) is 1. The molecule has 0 aliphatic carbocycles. The summed E-state index contributed by atoms with van der Waals surface area (Å²) < 4.78 is 6.90. The van der Waals surface area contributed by atoms with E-state index in [0.29, 0.717) is 5.56 Å². The van der Waals surface area contributed by atoms with Crippen LogP contribution in [0.3, 0.4) is 0 Å². The van der Waals surface area contributed by atoms with E-state index in [-0.39, 0.29) is 11.9 Å². The standard InChI is InChI=1S/C22H26N6O2/c1-16-12-18(6-7-21(16)28-15-23-25-26-28)22(29)24-19-8-10-27(11-9-19)14-17-4-3-5-20(13-17)30-2/h3-7,12-13,15,19H,8-11,14H2,1-2H3,(H,24,29). The van der Waals surface area contributed by atoms with Crippen LogP contribution in [-0.2, 0) is 6.54 Å². The van der Waals surface area contributed by atoms with Gasteiger partial charge in [-0.2, -0.15) is 0 Å². The molecule has 0 spiro atoms. The van der Waals surface area contributed by atoms with E-state index in [2.05, 4.69) is 37.9 Å². The highest BCUT2D eigenvalue weighted by molar-refractivity contribution is 5.94. The van der Waals surface area contributed by atoms with Crippen molar-refractivity contribution in [1.29, 1.82) is 0 Å². The zero-order valence-corrected chi connectivity index (χ0v) is 17.3. The number of ether oxygens (including phenoxy) is 1. The van der Waals surface area contributed by atoms with E-state index in [4.69, 9.17) is 4.74 Å². The molecule has 0 radical (unpaired) electrons. The van der Waals surface area contributed by atoms with Crippen LogP contribution in [-0.4, -0.2) is 57.3 Å². The Morgan fingerprint density at radius 3 is 2.73 bits per heavy atom. The maximum atomic E-state index is 12.7. The normalized spacial score (nSPS) is 15.1. The lowest BCUT2D eigenvalue weighted by Crippen LogP contribution is -2.44. The summed E-state index contributed by atoms with van der Waals surface area (Å²) in [4.78, 5) is 15.1. The monoisotopic (exact) mass is 406 g/mol. The van der Waals surface area contributed by atoms with Crippen LogP contribution in [0.25, 0.3) is 5.69 Å². The van der Waals surface area contributed by atoms with Gasteiger partial charge >= 0.3 is 0 Å². The summed E-state index contributed by atoms with van der Waals surface area (Å²) >= 11 is 0. The smallest absolute Gasteiger partial charge is 0.251 e. The van der Waals surface area contributed by atoms with Crippen LogP contribution in [0.2, 0.25) is 0 Å². The number of nitrogens with zero attached hydrogens (tertiary/aromatic N) is 5. The van der Waals surface area contributed by atoms with Crippen molar-refractivity contribution in [3.8, 4) is 11.4 Å². The molecular formula is C22H26N6O2. The van der Waals surface area contributed by atoms with Crippen molar-refractivity contribution in [3.05, 3.63) is 65.5 Å². The van der Waals surface area contributed by atoms with Gasteiger partial charge in [0.1, 0.15) is 12.1 Å². The second-order valence-electron chi connectivity index (χ2n) is 7.63. The van der Waals surface area contributed by atoms with E-state index < -0.39 is 0 Å². The third kappa shape index (κ3) is 4.65. The molecule has 1 saturated heterocycles. The minimum Gasteiger partial charge on any atom is -0.497 e. The van der Waals surface area contributed by atoms with Crippen LogP contribution >= 0.6 is 0 Å². The van der Waals surface area contributed by atoms with E-state index in [9.17, 15) is 4.79 Å². The minimum absolute atomic E-state index is 0.0346. The molecule has 1 aliphatic rings. The Morgan fingerprint density at radius 2 is 2.03 bits per heavy atom. The van der Waals surface area contributed by atoms with Gasteiger partial charge in [-0.25, -0.2) is 4.68 Å². The van der Waals surface area contributed by atoms with Gasteiger partial charge in [0, 0.05) is 31.2 Å². The zero-order chi connectivity index (χ0) is 20.9. The Kier molecular flexibility index (Phi) is 6.04. The molecule has 1 amide bonds. The molecule has 0 atom stereocenters. The fourth-order valence-electron chi connectivity index (χ4n) is 3.86. The molecule has 1 N–H and O–H groups in total. The summed E-state index contributed by atoms with van der Waals surface area (Å²) in [5, 5.41) is 14.4. The molecule has 1 aromatic heterocycles. The molecule has 0 saturated carbocycles. The largest absolute Gasteiger partial charge is 0.497 e. The fourth-order valence-corrected chi connectivity index (χ4v) is 3.86. The quantitative estimate of drug-likeness (QED) is 0.677. The van der Waals surface area contributed by atoms with Crippen molar-refractivity contribution in [1.82, 2.24) is 30.4 Å². The summed E-state index contributed by atoms with van der Waals surface area (Å²) in [5.74, 6) is 0.851. The van der Waals surface area contributed by atoms with E-state index in [1.807, 2.05) is 37.3 Å². The zero-order valence-electron chi connectivity index (χ0n) is 17.3. The summed E-state index contributed by atoms with van der Waals surface area (Å²) in [6, 6.07) is 13.9. The number of likely N-dealkylation sites (tertiary alicyclic amines) is 1. The highest BCUT2D eigenvalue weighted by Crippen LogP contribution is 2.19. The molecule has 0 bridgehead atoms. The van der Waals surface area contributed by atoms with Gasteiger partial charge in [-0.1, -0.05) is 12.1 Å². The number of rotatable bonds is 6. The first-order chi connectivity index (χ1) is 14.6. The van der Waals surface area contributed by atoms with Crippen LogP contribution < -0.4 is 10.1 Å². The number of benzene rings is 2. The number of carbonyl (C=O) groups excluding carboxylic acids is 1. The molecule has 8 heteroatoms. The van der Waals surface area contributed by atoms with Crippen molar-refractivity contribution in [2.45, 2.75) is 32.4 Å². The van der Waals surface area contributed by atoms with Crippen LogP contribution in [0.5, 0.6) is 5.75 Å². The third-order valence-corrected chi connectivity index (χ3v) is 5.52. The summed E-state index contributed by atoms with van der Waals surface area (Å²) in [6.07, 6.45) is 3.43. The molecule has 1 fully saturated rings. The second kappa shape index (κ2) is 9.04. The maximum absolute atomic E-state index is 12.7. The van der Waals surface area contributed by atoms with E-state index >= 15 is 0 Å². The average Bonchev–Trinajstić information content (AvgIpc) is 3.30. The maximum Gasteiger partial charge on any atom is 0.251 e. The Balaban J connectivity index is 1.30. The molecule has 2 aromatic carbocycles. The Morgan fingerprint density at radius 1 is 1.20 bits per heavy atom. The second-order valence-corrected chi connectivity index (χ2v) is 7.63. The molecule has 1 aliphatic heterocycles. The highest BCUT2D eigenvalue weighted by Gasteiger charge is 2.21. The Bertz CT molecular complexity index is 997. The van der Waals surface area contributed by atoms with Crippen LogP contribution in [0.4, 0.5) is 0 Å². The Labute approximate surface area is 175 Å². The number of tetrazole rings is 1. The first-order valence-electron chi connectivity index (χ1n) is 10.1. The van der Waals surface area contributed by atoms with Crippen molar-refractivity contribution < 1.29 is 9.53 Å². The molecule has 3 aromatic rings. The van der Waals surface area contributed by atoms with Gasteiger partial charge < -0.3 is 10.1 Å². The number of amides is 1. The Hall–Kier alpha value is -3.26. The number of nitrogens with one attached hydrogen (secondary N) is 1. The number of carbonyl (C=O) groups is 1. The number of hydrogen-bond acceptors (Lipinski definition) is 6. The summed E-state index contributed by atoms with van der Waals surface area (Å²) in [7, 11) is 1.69. The summed E-state index contributed by atoms with van der Waals surface area (Å²) in [6.45, 7) is 4.76. The van der Waals surface area contributed by atoms with E-state index in [0.717, 1.165) is 49.5 Å². The molecule has 30 heavy (non-hydrogen) atoms. The first kappa shape index (κ1) is 20.0.